The standard InChI is InChI=1S/C21H22B2N2.C2H6.2Y/c1-6-17-12(2)20-18(16-10-8-7-9-11-16)21-13(3)19(22)15(5)25(21)23-24(20)14(17)4;1-2;;/h7-11H,6H2,1-5H3;1-2H3;;/q+1;;;. The molecule has 0 bridgehead atoms. The molecule has 2 aliphatic heterocycles. The van der Waals surface area contributed by atoms with Gasteiger partial charge in [-0.25, -0.2) is 0 Å². The number of fused-ring (bicyclic) bond motifs is 2. The fourth-order valence-corrected chi connectivity index (χ4v) is 4.32. The molecule has 0 fully saturated rings. The molecular formula is C23H28B2N2Y2+. The van der Waals surface area contributed by atoms with Crippen LogP contribution in [-0.2, 0) is 71.8 Å². The van der Waals surface area contributed by atoms with Gasteiger partial charge in [-0.3, -0.25) is 4.49 Å². The summed E-state index contributed by atoms with van der Waals surface area (Å²) in [6.07, 6.45) is 1.04. The molecule has 1 aromatic carbocycles. The summed E-state index contributed by atoms with van der Waals surface area (Å²) >= 11 is 0. The van der Waals surface area contributed by atoms with Crippen LogP contribution in [0.3, 0.4) is 0 Å². The summed E-state index contributed by atoms with van der Waals surface area (Å²) in [5, 5.41) is 0. The molecule has 0 spiro atoms. The largest absolute Gasteiger partial charge is 0.699 e. The van der Waals surface area contributed by atoms with Gasteiger partial charge in [-0.05, 0) is 49.4 Å². The molecule has 0 aliphatic carbocycles. The molecule has 2 aliphatic rings. The van der Waals surface area contributed by atoms with E-state index in [2.05, 4.69) is 81.5 Å². The molecule has 6 heteroatoms. The Kier molecular flexibility index (Phi) is 10.3. The van der Waals surface area contributed by atoms with E-state index in [0.717, 1.165) is 23.2 Å². The molecule has 0 atom stereocenters. The normalized spacial score (nSPS) is 14.3. The van der Waals surface area contributed by atoms with Gasteiger partial charge in [0, 0.05) is 83.6 Å². The van der Waals surface area contributed by atoms with E-state index < -0.39 is 0 Å². The van der Waals surface area contributed by atoms with Gasteiger partial charge in [0.15, 0.2) is 5.70 Å². The number of benzene rings is 1. The average molecular weight is 532 g/mol. The number of hydrogen-bond acceptors (Lipinski definition) is 0. The third kappa shape index (κ3) is 4.34. The molecule has 0 amide bonds. The molecule has 0 saturated carbocycles. The number of aromatic nitrogens is 1. The van der Waals surface area contributed by atoms with Crippen molar-refractivity contribution in [2.45, 2.75) is 54.9 Å². The van der Waals surface area contributed by atoms with Crippen LogP contribution in [0.4, 0.5) is 0 Å². The summed E-state index contributed by atoms with van der Waals surface area (Å²) in [5.74, 6) is 0. The zero-order chi connectivity index (χ0) is 19.9. The predicted octanol–water partition coefficient (Wildman–Crippen LogP) is 4.77. The van der Waals surface area contributed by atoms with Crippen LogP contribution >= 0.6 is 0 Å². The van der Waals surface area contributed by atoms with Crippen LogP contribution in [0.25, 0.3) is 5.57 Å². The second kappa shape index (κ2) is 11.0. The van der Waals surface area contributed by atoms with Crippen molar-refractivity contribution in [1.29, 1.82) is 0 Å². The maximum atomic E-state index is 6.40. The molecule has 141 valence electrons. The Morgan fingerprint density at radius 1 is 1.00 bits per heavy atom. The van der Waals surface area contributed by atoms with Crippen LogP contribution < -0.4 is 0 Å². The van der Waals surface area contributed by atoms with Crippen molar-refractivity contribution in [3.63, 3.8) is 0 Å². The van der Waals surface area contributed by atoms with Crippen LogP contribution in [0.2, 0.25) is 0 Å². The van der Waals surface area contributed by atoms with Crippen molar-refractivity contribution < 1.29 is 69.9 Å². The summed E-state index contributed by atoms with van der Waals surface area (Å²) in [4.78, 5) is 0. The summed E-state index contributed by atoms with van der Waals surface area (Å²) in [7, 11) is 8.60. The van der Waals surface area contributed by atoms with Crippen LogP contribution in [0, 0.1) is 13.8 Å². The first kappa shape index (κ1) is 27.0. The minimum absolute atomic E-state index is 0. The Labute approximate surface area is 228 Å². The molecule has 1 aromatic heterocycles. The van der Waals surface area contributed by atoms with Crippen LogP contribution in [0.5, 0.6) is 0 Å². The van der Waals surface area contributed by atoms with E-state index in [1.54, 1.807) is 0 Å². The zero-order valence-corrected chi connectivity index (χ0v) is 24.5. The molecule has 2 nitrogen and oxygen atoms in total. The van der Waals surface area contributed by atoms with Gasteiger partial charge in [0.05, 0.1) is 11.3 Å². The predicted molar refractivity (Wildman–Crippen MR) is 118 cm³/mol. The van der Waals surface area contributed by atoms with E-state index in [4.69, 9.17) is 7.85 Å². The van der Waals surface area contributed by atoms with Crippen LogP contribution in [-0.4, -0.2) is 30.1 Å². The minimum atomic E-state index is 0. The van der Waals surface area contributed by atoms with Gasteiger partial charge >= 0.3 is 7.55 Å². The Balaban J connectivity index is 0.00000102. The van der Waals surface area contributed by atoms with E-state index in [1.165, 1.54) is 39.3 Å². The van der Waals surface area contributed by atoms with Crippen LogP contribution in [0.15, 0.2) is 47.1 Å². The molecular weight excluding hydrogens is 504 g/mol. The van der Waals surface area contributed by atoms with E-state index in [0.29, 0.717) is 0 Å². The Hall–Kier alpha value is -0.0123. The van der Waals surface area contributed by atoms with E-state index >= 15 is 0 Å². The summed E-state index contributed by atoms with van der Waals surface area (Å²) in [5.41, 5.74) is 12.3. The summed E-state index contributed by atoms with van der Waals surface area (Å²) in [6.45, 7) is 14.9. The zero-order valence-electron chi connectivity index (χ0n) is 18.8. The van der Waals surface area contributed by atoms with Gasteiger partial charge in [-0.1, -0.05) is 51.1 Å². The van der Waals surface area contributed by atoms with Crippen molar-refractivity contribution in [2.75, 3.05) is 0 Å². The monoisotopic (exact) mass is 532 g/mol. The maximum absolute atomic E-state index is 6.40. The topological polar surface area (TPSA) is 7.94 Å². The molecule has 4 rings (SSSR count). The fourth-order valence-electron chi connectivity index (χ4n) is 4.32. The SMILES string of the molecule is CC.[B]C1=C(C)C2=C(c3ccccc3)c3c(C)c(CC)c(C)n3[B][N+]2=C1C.[Y].[Y]. The first-order valence-electron chi connectivity index (χ1n) is 9.92. The average Bonchev–Trinajstić information content (AvgIpc) is 3.08. The smallest absolute Gasteiger partial charge is 0.322 e. The third-order valence-electron chi connectivity index (χ3n) is 5.72. The van der Waals surface area contributed by atoms with Gasteiger partial charge in [-0.15, -0.1) is 0 Å². The molecule has 0 saturated heterocycles. The van der Waals surface area contributed by atoms with Gasteiger partial charge in [-0.2, -0.15) is 0 Å². The first-order valence-corrected chi connectivity index (χ1v) is 9.92. The van der Waals surface area contributed by atoms with E-state index in [9.17, 15) is 0 Å². The molecule has 5 radical (unpaired) electrons. The van der Waals surface area contributed by atoms with Gasteiger partial charge < -0.3 is 4.48 Å². The van der Waals surface area contributed by atoms with Crippen molar-refractivity contribution in [2.24, 2.45) is 0 Å². The van der Waals surface area contributed by atoms with Crippen molar-refractivity contribution in [1.82, 2.24) is 4.48 Å². The van der Waals surface area contributed by atoms with Crippen molar-refractivity contribution >= 4 is 26.7 Å². The number of hydrogen-bond donors (Lipinski definition) is 0. The fraction of sp³-hybridized carbons (Fsp3) is 0.348. The molecule has 0 unspecified atom stereocenters. The number of rotatable bonds is 2. The second-order valence-corrected chi connectivity index (χ2v) is 6.96. The second-order valence-electron chi connectivity index (χ2n) is 6.96. The molecule has 0 N–H and O–H groups in total. The summed E-state index contributed by atoms with van der Waals surface area (Å²) < 4.78 is 4.60. The quantitative estimate of drug-likeness (QED) is 0.493. The van der Waals surface area contributed by atoms with Gasteiger partial charge in [0.2, 0.25) is 0 Å². The number of nitrogens with zero attached hydrogens (tertiary/aromatic N) is 2. The van der Waals surface area contributed by atoms with E-state index in [-0.39, 0.29) is 65.4 Å². The van der Waals surface area contributed by atoms with Crippen molar-refractivity contribution in [3.8, 4) is 0 Å². The van der Waals surface area contributed by atoms with Gasteiger partial charge in [0.1, 0.15) is 13.6 Å². The minimum Gasteiger partial charge on any atom is -0.322 e. The Bertz CT molecular complexity index is 1000. The molecule has 29 heavy (non-hydrogen) atoms. The third-order valence-corrected chi connectivity index (χ3v) is 5.72. The van der Waals surface area contributed by atoms with Crippen LogP contribution in [0.1, 0.15) is 62.7 Å². The van der Waals surface area contributed by atoms with Gasteiger partial charge in [0.25, 0.3) is 0 Å². The Morgan fingerprint density at radius 3 is 2.14 bits per heavy atom. The number of allylic oxidation sites excluding steroid dienone is 2. The van der Waals surface area contributed by atoms with Crippen molar-refractivity contribution in [3.05, 3.63) is 75.2 Å². The van der Waals surface area contributed by atoms with E-state index in [1.807, 2.05) is 13.8 Å². The summed E-state index contributed by atoms with van der Waals surface area (Å²) in [6, 6.07) is 10.7. The Morgan fingerprint density at radius 2 is 1.59 bits per heavy atom. The first-order chi connectivity index (χ1) is 13.0. The maximum Gasteiger partial charge on any atom is 0.699 e. The molecule has 2 aromatic rings. The molecule has 3 heterocycles.